The first-order valence-electron chi connectivity index (χ1n) is 12.4. The Bertz CT molecular complexity index is 1180. The Morgan fingerprint density at radius 1 is 1.08 bits per heavy atom. The van der Waals surface area contributed by atoms with Crippen molar-refractivity contribution in [1.29, 1.82) is 0 Å². The van der Waals surface area contributed by atoms with E-state index < -0.39 is 5.82 Å². The highest BCUT2D eigenvalue weighted by molar-refractivity contribution is 6.31. The van der Waals surface area contributed by atoms with Gasteiger partial charge in [0.25, 0.3) is 0 Å². The first kappa shape index (κ1) is 26.7. The first-order valence-corrected chi connectivity index (χ1v) is 12.8. The van der Waals surface area contributed by atoms with Crippen molar-refractivity contribution in [3.63, 3.8) is 0 Å². The summed E-state index contributed by atoms with van der Waals surface area (Å²) >= 11 is 6.47. The summed E-state index contributed by atoms with van der Waals surface area (Å²) in [5.74, 6) is -0.0433. The van der Waals surface area contributed by atoms with E-state index in [4.69, 9.17) is 21.1 Å². The summed E-state index contributed by atoms with van der Waals surface area (Å²) in [6.07, 6.45) is 6.51. The van der Waals surface area contributed by atoms with Crippen LogP contribution in [-0.2, 0) is 9.47 Å². The van der Waals surface area contributed by atoms with E-state index >= 15 is 0 Å². The fourth-order valence-corrected chi connectivity index (χ4v) is 4.28. The van der Waals surface area contributed by atoms with Gasteiger partial charge in [-0.05, 0) is 42.7 Å². The van der Waals surface area contributed by atoms with E-state index in [0.717, 1.165) is 42.6 Å². The minimum atomic E-state index is -0.478. The van der Waals surface area contributed by atoms with Crippen LogP contribution in [0.15, 0.2) is 47.8 Å². The molecule has 2 aromatic heterocycles. The van der Waals surface area contributed by atoms with E-state index in [2.05, 4.69) is 30.8 Å². The number of aromatic nitrogens is 3. The van der Waals surface area contributed by atoms with Crippen LogP contribution in [0.5, 0.6) is 0 Å². The van der Waals surface area contributed by atoms with Crippen molar-refractivity contribution in [1.82, 2.24) is 15.0 Å². The molecule has 1 aromatic carbocycles. The molecule has 0 saturated carbocycles. The van der Waals surface area contributed by atoms with Gasteiger partial charge in [-0.1, -0.05) is 31.5 Å². The summed E-state index contributed by atoms with van der Waals surface area (Å²) in [6.45, 7) is 7.01. The van der Waals surface area contributed by atoms with Gasteiger partial charge < -0.3 is 19.7 Å². The van der Waals surface area contributed by atoms with Crippen LogP contribution >= 0.6 is 11.6 Å². The van der Waals surface area contributed by atoms with Gasteiger partial charge in [0, 0.05) is 30.4 Å². The predicted molar refractivity (Wildman–Crippen MR) is 144 cm³/mol. The molecule has 3 aromatic rings. The second kappa shape index (κ2) is 13.3. The highest BCUT2D eigenvalue weighted by atomic mass is 35.5. The molecule has 5 rings (SSSR count). The summed E-state index contributed by atoms with van der Waals surface area (Å²) in [6, 6.07) is 9.59. The molecule has 4 heterocycles. The molecular weight excluding hydrogens is 497 g/mol. The molecule has 11 heteroatoms. The third kappa shape index (κ3) is 7.12. The van der Waals surface area contributed by atoms with E-state index in [1.54, 1.807) is 6.20 Å². The summed E-state index contributed by atoms with van der Waals surface area (Å²) in [5.41, 5.74) is 6.06. The summed E-state index contributed by atoms with van der Waals surface area (Å²) < 4.78 is 25.2. The molecule has 2 N–H and O–H groups in total. The zero-order valence-electron chi connectivity index (χ0n) is 21.0. The van der Waals surface area contributed by atoms with Crippen molar-refractivity contribution in [2.45, 2.75) is 32.8 Å². The molecule has 9 nitrogen and oxygen atoms in total. The van der Waals surface area contributed by atoms with Crippen molar-refractivity contribution in [3.05, 3.63) is 64.8 Å². The van der Waals surface area contributed by atoms with E-state index in [1.165, 1.54) is 6.21 Å². The molecule has 196 valence electrons. The highest BCUT2D eigenvalue weighted by Crippen LogP contribution is 2.35. The number of nitrogens with zero attached hydrogens (tertiary/aromatic N) is 5. The van der Waals surface area contributed by atoms with Crippen LogP contribution in [0.2, 0.25) is 5.02 Å². The van der Waals surface area contributed by atoms with Crippen LogP contribution < -0.4 is 15.6 Å². The van der Waals surface area contributed by atoms with Gasteiger partial charge in [-0.3, -0.25) is 4.98 Å². The van der Waals surface area contributed by atoms with Gasteiger partial charge >= 0.3 is 0 Å². The molecule has 2 aliphatic rings. The molecule has 0 bridgehead atoms. The van der Waals surface area contributed by atoms with Gasteiger partial charge in [-0.15, -0.1) is 0 Å². The standard InChI is InChI=1S/C24H25ClFN7O2.C2H6/c25-20-12-16(5-6-19(20)22-2-1-9-35-22)30-18-4-3-17(27-13-18)14-29-32-24-28-15-21(26)23(31-24)33-7-10-34-11-8-33;1-2/h3-6,12-15,22,30H,1-2,7-11H2,(H,28,31,32);1-2H3/b29-14+;. The van der Waals surface area contributed by atoms with E-state index in [-0.39, 0.29) is 17.9 Å². The zero-order chi connectivity index (χ0) is 26.0. The Balaban J connectivity index is 0.00000156. The van der Waals surface area contributed by atoms with Crippen molar-refractivity contribution in [2.24, 2.45) is 5.10 Å². The average Bonchev–Trinajstić information content (AvgIpc) is 3.47. The number of hydrazone groups is 1. The zero-order valence-corrected chi connectivity index (χ0v) is 21.7. The average molecular weight is 528 g/mol. The van der Waals surface area contributed by atoms with Gasteiger partial charge in [0.2, 0.25) is 5.95 Å². The van der Waals surface area contributed by atoms with Crippen molar-refractivity contribution in [3.8, 4) is 0 Å². The van der Waals surface area contributed by atoms with Crippen LogP contribution in [0.25, 0.3) is 0 Å². The number of anilines is 4. The van der Waals surface area contributed by atoms with Gasteiger partial charge in [0.1, 0.15) is 0 Å². The van der Waals surface area contributed by atoms with Gasteiger partial charge in [0.15, 0.2) is 11.6 Å². The number of hydrogen-bond donors (Lipinski definition) is 2. The van der Waals surface area contributed by atoms with Crippen molar-refractivity contribution < 1.29 is 13.9 Å². The number of ether oxygens (including phenoxy) is 2. The molecular formula is C26H31ClFN7O2. The molecule has 0 aliphatic carbocycles. The highest BCUT2D eigenvalue weighted by Gasteiger charge is 2.20. The maximum absolute atomic E-state index is 14.1. The molecule has 2 fully saturated rings. The normalized spacial score (nSPS) is 17.4. The molecule has 0 spiro atoms. The van der Waals surface area contributed by atoms with Crippen LogP contribution in [-0.4, -0.2) is 54.1 Å². The van der Waals surface area contributed by atoms with E-state index in [1.807, 2.05) is 49.1 Å². The van der Waals surface area contributed by atoms with Crippen LogP contribution in [0.3, 0.4) is 0 Å². The first-order chi connectivity index (χ1) is 18.2. The Labute approximate surface area is 221 Å². The van der Waals surface area contributed by atoms with Crippen LogP contribution in [0.1, 0.15) is 44.1 Å². The lowest BCUT2D eigenvalue weighted by atomic mass is 10.1. The fourth-order valence-electron chi connectivity index (χ4n) is 3.98. The minimum Gasteiger partial charge on any atom is -0.378 e. The van der Waals surface area contributed by atoms with Gasteiger partial charge in [0.05, 0.1) is 49.3 Å². The number of hydrogen-bond acceptors (Lipinski definition) is 9. The molecule has 0 radical (unpaired) electrons. The lowest BCUT2D eigenvalue weighted by Gasteiger charge is -2.27. The molecule has 37 heavy (non-hydrogen) atoms. The number of halogens is 2. The number of morpholine rings is 1. The topological polar surface area (TPSA) is 96.8 Å². The van der Waals surface area contributed by atoms with E-state index in [9.17, 15) is 4.39 Å². The number of nitrogens with one attached hydrogen (secondary N) is 2. The smallest absolute Gasteiger partial charge is 0.245 e. The lowest BCUT2D eigenvalue weighted by Crippen LogP contribution is -2.37. The van der Waals surface area contributed by atoms with Crippen LogP contribution in [0, 0.1) is 5.82 Å². The monoisotopic (exact) mass is 527 g/mol. The largest absolute Gasteiger partial charge is 0.378 e. The Morgan fingerprint density at radius 3 is 2.59 bits per heavy atom. The third-order valence-electron chi connectivity index (χ3n) is 5.75. The SMILES string of the molecule is CC.Fc1cnc(N/N=C/c2ccc(Nc3ccc(C4CCCO4)c(Cl)c3)cn2)nc1N1CCOCC1. The van der Waals surface area contributed by atoms with Crippen LogP contribution in [0.4, 0.5) is 27.5 Å². The number of benzene rings is 1. The Morgan fingerprint density at radius 2 is 1.89 bits per heavy atom. The third-order valence-corrected chi connectivity index (χ3v) is 6.08. The second-order valence-electron chi connectivity index (χ2n) is 8.17. The molecule has 2 saturated heterocycles. The van der Waals surface area contributed by atoms with Gasteiger partial charge in [-0.2, -0.15) is 10.1 Å². The summed E-state index contributed by atoms with van der Waals surface area (Å²) in [5, 5.41) is 8.10. The molecule has 1 atom stereocenters. The summed E-state index contributed by atoms with van der Waals surface area (Å²) in [7, 11) is 0. The lowest BCUT2D eigenvalue weighted by molar-refractivity contribution is 0.112. The number of rotatable bonds is 7. The van der Waals surface area contributed by atoms with Crippen molar-refractivity contribution >= 4 is 41.0 Å². The fraction of sp³-hybridized carbons (Fsp3) is 0.385. The Kier molecular flexibility index (Phi) is 9.58. The predicted octanol–water partition coefficient (Wildman–Crippen LogP) is 5.57. The molecule has 1 unspecified atom stereocenters. The Hall–Kier alpha value is -3.34. The quantitative estimate of drug-likeness (QED) is 0.304. The molecule has 2 aliphatic heterocycles. The van der Waals surface area contributed by atoms with Gasteiger partial charge in [-0.25, -0.2) is 14.8 Å². The molecule has 0 amide bonds. The van der Waals surface area contributed by atoms with E-state index in [0.29, 0.717) is 37.0 Å². The second-order valence-corrected chi connectivity index (χ2v) is 8.58. The van der Waals surface area contributed by atoms with Crippen molar-refractivity contribution in [2.75, 3.05) is 48.6 Å². The maximum atomic E-state index is 14.1. The minimum absolute atomic E-state index is 0.0802. The summed E-state index contributed by atoms with van der Waals surface area (Å²) in [4.78, 5) is 14.4. The maximum Gasteiger partial charge on any atom is 0.245 e. The number of pyridine rings is 1.